The molecule has 110 valence electrons. The van der Waals surface area contributed by atoms with Crippen LogP contribution in [0.3, 0.4) is 0 Å². The normalized spacial score (nSPS) is 16.2. The van der Waals surface area contributed by atoms with Gasteiger partial charge in [0.1, 0.15) is 10.5 Å². The van der Waals surface area contributed by atoms with Gasteiger partial charge in [-0.3, -0.25) is 0 Å². The standard InChI is InChI=1S/C13H17NO5S/c1-14-20(17,18)11-8-4-7-10(13(15)16)12(11)19-9-5-2-3-6-9/h4,7-9,14H,2-3,5-6H2,1H3,(H,15,16). The molecule has 2 rings (SSSR count). The van der Waals surface area contributed by atoms with E-state index in [0.29, 0.717) is 0 Å². The highest BCUT2D eigenvalue weighted by Gasteiger charge is 2.27. The highest BCUT2D eigenvalue weighted by molar-refractivity contribution is 7.89. The van der Waals surface area contributed by atoms with Gasteiger partial charge in [0.15, 0.2) is 5.75 Å². The Hall–Kier alpha value is -1.60. The highest BCUT2D eigenvalue weighted by Crippen LogP contribution is 2.32. The first kappa shape index (κ1) is 14.8. The van der Waals surface area contributed by atoms with E-state index in [0.717, 1.165) is 25.7 Å². The van der Waals surface area contributed by atoms with Crippen LogP contribution >= 0.6 is 0 Å². The first-order valence-electron chi connectivity index (χ1n) is 6.42. The van der Waals surface area contributed by atoms with Gasteiger partial charge in [-0.05, 0) is 44.9 Å². The Morgan fingerprint density at radius 3 is 2.55 bits per heavy atom. The zero-order valence-corrected chi connectivity index (χ0v) is 11.9. The lowest BCUT2D eigenvalue weighted by atomic mass is 10.2. The van der Waals surface area contributed by atoms with E-state index in [-0.39, 0.29) is 22.3 Å². The van der Waals surface area contributed by atoms with Crippen molar-refractivity contribution in [3.8, 4) is 5.75 Å². The molecule has 1 aromatic carbocycles. The summed E-state index contributed by atoms with van der Waals surface area (Å²) in [6.07, 6.45) is 3.52. The summed E-state index contributed by atoms with van der Waals surface area (Å²) in [6, 6.07) is 4.10. The number of carboxylic acids is 1. The van der Waals surface area contributed by atoms with Crippen LogP contribution in [0.2, 0.25) is 0 Å². The van der Waals surface area contributed by atoms with Crippen LogP contribution in [-0.4, -0.2) is 32.6 Å². The second-order valence-electron chi connectivity index (χ2n) is 4.67. The third kappa shape index (κ3) is 2.94. The van der Waals surface area contributed by atoms with E-state index in [1.165, 1.54) is 25.2 Å². The van der Waals surface area contributed by atoms with E-state index in [1.54, 1.807) is 0 Å². The Balaban J connectivity index is 2.50. The molecule has 6 nitrogen and oxygen atoms in total. The van der Waals surface area contributed by atoms with E-state index < -0.39 is 16.0 Å². The van der Waals surface area contributed by atoms with E-state index in [9.17, 15) is 18.3 Å². The Bertz CT molecular complexity index is 605. The number of benzene rings is 1. The highest BCUT2D eigenvalue weighted by atomic mass is 32.2. The number of rotatable bonds is 5. The summed E-state index contributed by atoms with van der Waals surface area (Å²) in [5.74, 6) is -1.27. The van der Waals surface area contributed by atoms with E-state index in [1.807, 2.05) is 0 Å². The van der Waals surface area contributed by atoms with Crippen LogP contribution in [-0.2, 0) is 10.0 Å². The molecule has 0 aliphatic heterocycles. The summed E-state index contributed by atoms with van der Waals surface area (Å²) in [5, 5.41) is 9.21. The average molecular weight is 299 g/mol. The molecule has 0 aromatic heterocycles. The summed E-state index contributed by atoms with van der Waals surface area (Å²) in [6.45, 7) is 0. The molecular formula is C13H17NO5S. The fraction of sp³-hybridized carbons (Fsp3) is 0.462. The number of hydrogen-bond donors (Lipinski definition) is 2. The minimum atomic E-state index is -3.76. The molecule has 0 atom stereocenters. The summed E-state index contributed by atoms with van der Waals surface area (Å²) in [5.41, 5.74) is -0.131. The van der Waals surface area contributed by atoms with Gasteiger partial charge >= 0.3 is 5.97 Å². The summed E-state index contributed by atoms with van der Waals surface area (Å²) in [7, 11) is -2.48. The smallest absolute Gasteiger partial charge is 0.339 e. The number of ether oxygens (including phenoxy) is 1. The monoisotopic (exact) mass is 299 g/mol. The number of para-hydroxylation sites is 1. The van der Waals surface area contributed by atoms with Crippen molar-refractivity contribution in [2.45, 2.75) is 36.7 Å². The Morgan fingerprint density at radius 2 is 2.00 bits per heavy atom. The molecule has 1 aliphatic carbocycles. The van der Waals surface area contributed by atoms with Crippen molar-refractivity contribution >= 4 is 16.0 Å². The molecule has 20 heavy (non-hydrogen) atoms. The molecule has 0 amide bonds. The predicted molar refractivity (Wildman–Crippen MR) is 72.5 cm³/mol. The second kappa shape index (κ2) is 5.80. The number of carbonyl (C=O) groups is 1. The Morgan fingerprint density at radius 1 is 1.35 bits per heavy atom. The van der Waals surface area contributed by atoms with Crippen molar-refractivity contribution in [3.63, 3.8) is 0 Å². The molecule has 0 spiro atoms. The van der Waals surface area contributed by atoms with Crippen LogP contribution in [0.1, 0.15) is 36.0 Å². The minimum Gasteiger partial charge on any atom is -0.488 e. The van der Waals surface area contributed by atoms with Gasteiger partial charge in [-0.25, -0.2) is 17.9 Å². The van der Waals surface area contributed by atoms with Crippen LogP contribution < -0.4 is 9.46 Å². The Kier molecular flexibility index (Phi) is 4.29. The summed E-state index contributed by atoms with van der Waals surface area (Å²) < 4.78 is 31.8. The maximum atomic E-state index is 12.0. The SMILES string of the molecule is CNS(=O)(=O)c1cccc(C(=O)O)c1OC1CCCC1. The minimum absolute atomic E-state index is 0.0683. The molecule has 7 heteroatoms. The number of nitrogens with one attached hydrogen (secondary N) is 1. The second-order valence-corrected chi connectivity index (χ2v) is 6.52. The van der Waals surface area contributed by atoms with Crippen molar-refractivity contribution in [2.75, 3.05) is 7.05 Å². The number of carboxylic acid groups (broad SMARTS) is 1. The predicted octanol–water partition coefficient (Wildman–Crippen LogP) is 1.61. The topological polar surface area (TPSA) is 92.7 Å². The van der Waals surface area contributed by atoms with Crippen molar-refractivity contribution in [1.82, 2.24) is 4.72 Å². The van der Waals surface area contributed by atoms with Crippen molar-refractivity contribution in [3.05, 3.63) is 23.8 Å². The van der Waals surface area contributed by atoms with Crippen LogP contribution in [0.5, 0.6) is 5.75 Å². The molecule has 1 aliphatic rings. The molecule has 0 radical (unpaired) electrons. The molecule has 0 unspecified atom stereocenters. The average Bonchev–Trinajstić information content (AvgIpc) is 2.91. The van der Waals surface area contributed by atoms with Gasteiger partial charge in [-0.15, -0.1) is 0 Å². The van der Waals surface area contributed by atoms with Gasteiger partial charge in [0.05, 0.1) is 6.10 Å². The van der Waals surface area contributed by atoms with Crippen LogP contribution in [0.25, 0.3) is 0 Å². The first-order chi connectivity index (χ1) is 9.45. The van der Waals surface area contributed by atoms with Gasteiger partial charge in [0.2, 0.25) is 10.0 Å². The van der Waals surface area contributed by atoms with Gasteiger partial charge < -0.3 is 9.84 Å². The Labute approximate surface area is 117 Å². The maximum absolute atomic E-state index is 12.0. The lowest BCUT2D eigenvalue weighted by Crippen LogP contribution is -2.22. The molecule has 1 fully saturated rings. The number of aromatic carboxylic acids is 1. The molecule has 1 aromatic rings. The van der Waals surface area contributed by atoms with Gasteiger partial charge in [-0.2, -0.15) is 0 Å². The van der Waals surface area contributed by atoms with E-state index in [2.05, 4.69) is 4.72 Å². The van der Waals surface area contributed by atoms with E-state index in [4.69, 9.17) is 4.74 Å². The molecule has 0 saturated heterocycles. The van der Waals surface area contributed by atoms with Crippen molar-refractivity contribution in [1.29, 1.82) is 0 Å². The zero-order chi connectivity index (χ0) is 14.8. The number of hydrogen-bond acceptors (Lipinski definition) is 4. The van der Waals surface area contributed by atoms with Crippen molar-refractivity contribution < 1.29 is 23.1 Å². The summed E-state index contributed by atoms with van der Waals surface area (Å²) in [4.78, 5) is 11.1. The van der Waals surface area contributed by atoms with E-state index >= 15 is 0 Å². The largest absolute Gasteiger partial charge is 0.488 e. The lowest BCUT2D eigenvalue weighted by molar-refractivity contribution is 0.0688. The fourth-order valence-electron chi connectivity index (χ4n) is 2.30. The fourth-order valence-corrected chi connectivity index (χ4v) is 3.18. The first-order valence-corrected chi connectivity index (χ1v) is 7.90. The summed E-state index contributed by atoms with van der Waals surface area (Å²) >= 11 is 0. The third-order valence-electron chi connectivity index (χ3n) is 3.35. The maximum Gasteiger partial charge on any atom is 0.339 e. The molecule has 0 bridgehead atoms. The molecule has 0 heterocycles. The quantitative estimate of drug-likeness (QED) is 0.861. The van der Waals surface area contributed by atoms with Crippen molar-refractivity contribution in [2.24, 2.45) is 0 Å². The zero-order valence-electron chi connectivity index (χ0n) is 11.1. The van der Waals surface area contributed by atoms with Crippen LogP contribution in [0, 0.1) is 0 Å². The molecule has 1 saturated carbocycles. The lowest BCUT2D eigenvalue weighted by Gasteiger charge is -2.18. The van der Waals surface area contributed by atoms with Gasteiger partial charge in [0, 0.05) is 0 Å². The molecular weight excluding hydrogens is 282 g/mol. The van der Waals surface area contributed by atoms with Gasteiger partial charge in [0.25, 0.3) is 0 Å². The molecule has 2 N–H and O–H groups in total. The van der Waals surface area contributed by atoms with Crippen LogP contribution in [0.15, 0.2) is 23.1 Å². The third-order valence-corrected chi connectivity index (χ3v) is 4.79. The van der Waals surface area contributed by atoms with Crippen LogP contribution in [0.4, 0.5) is 0 Å². The van der Waals surface area contributed by atoms with Gasteiger partial charge in [-0.1, -0.05) is 6.07 Å². The number of sulfonamides is 1.